The zero-order valence-corrected chi connectivity index (χ0v) is 28.2. The van der Waals surface area contributed by atoms with Crippen molar-refractivity contribution in [1.82, 2.24) is 10.2 Å². The number of nitrogens with one attached hydrogen (secondary N) is 1. The highest BCUT2D eigenvalue weighted by molar-refractivity contribution is 7.92. The van der Waals surface area contributed by atoms with Crippen LogP contribution in [-0.2, 0) is 38.8 Å². The summed E-state index contributed by atoms with van der Waals surface area (Å²) < 4.78 is 70.4. The number of alkyl halides is 3. The molecule has 0 fully saturated rings. The summed E-state index contributed by atoms with van der Waals surface area (Å²) in [6, 6.07) is 24.6. The van der Waals surface area contributed by atoms with Crippen molar-refractivity contribution in [3.63, 3.8) is 0 Å². The molecule has 0 bridgehead atoms. The lowest BCUT2D eigenvalue weighted by Gasteiger charge is -2.34. The minimum absolute atomic E-state index is 0.0697. The Hall–Kier alpha value is -4.35. The summed E-state index contributed by atoms with van der Waals surface area (Å²) in [5.74, 6) is -1.25. The maximum absolute atomic E-state index is 14.6. The Kier molecular flexibility index (Phi) is 12.3. The molecule has 254 valence electrons. The Balaban J connectivity index is 1.86. The molecule has 0 aliphatic heterocycles. The molecule has 0 radical (unpaired) electrons. The first-order valence-electron chi connectivity index (χ1n) is 15.4. The van der Waals surface area contributed by atoms with E-state index in [2.05, 4.69) is 5.32 Å². The maximum atomic E-state index is 14.6. The van der Waals surface area contributed by atoms with E-state index < -0.39 is 51.9 Å². The summed E-state index contributed by atoms with van der Waals surface area (Å²) in [7, 11) is -4.64. The Bertz CT molecular complexity index is 1810. The highest BCUT2D eigenvalue weighted by atomic mass is 35.5. The summed E-state index contributed by atoms with van der Waals surface area (Å²) in [6.07, 6.45) is -3.20. The third-order valence-electron chi connectivity index (χ3n) is 7.85. The number of amides is 2. The topological polar surface area (TPSA) is 86.8 Å². The molecule has 7 nitrogen and oxygen atoms in total. The van der Waals surface area contributed by atoms with Crippen LogP contribution in [-0.4, -0.2) is 44.3 Å². The van der Waals surface area contributed by atoms with Crippen LogP contribution in [0.1, 0.15) is 42.0 Å². The summed E-state index contributed by atoms with van der Waals surface area (Å²) in [4.78, 5) is 29.4. The second-order valence-corrected chi connectivity index (χ2v) is 13.6. The lowest BCUT2D eigenvalue weighted by Crippen LogP contribution is -2.53. The fourth-order valence-electron chi connectivity index (χ4n) is 5.14. The van der Waals surface area contributed by atoms with Crippen molar-refractivity contribution in [3.8, 4) is 0 Å². The van der Waals surface area contributed by atoms with E-state index >= 15 is 0 Å². The van der Waals surface area contributed by atoms with E-state index in [4.69, 9.17) is 11.6 Å². The third-order valence-corrected chi connectivity index (χ3v) is 9.95. The fraction of sp³-hybridized carbons (Fsp3) is 0.278. The van der Waals surface area contributed by atoms with Crippen LogP contribution in [0.3, 0.4) is 0 Å². The average molecular weight is 700 g/mol. The van der Waals surface area contributed by atoms with Gasteiger partial charge >= 0.3 is 6.18 Å². The van der Waals surface area contributed by atoms with E-state index in [0.717, 1.165) is 29.7 Å². The molecular formula is C36H37ClF3N3O4S. The van der Waals surface area contributed by atoms with Gasteiger partial charge in [-0.1, -0.05) is 97.7 Å². The first-order chi connectivity index (χ1) is 22.8. The van der Waals surface area contributed by atoms with Gasteiger partial charge in [0.25, 0.3) is 10.0 Å². The van der Waals surface area contributed by atoms with Gasteiger partial charge in [0.05, 0.1) is 21.2 Å². The summed E-state index contributed by atoms with van der Waals surface area (Å²) >= 11 is 6.38. The summed E-state index contributed by atoms with van der Waals surface area (Å²) in [5.41, 5.74) is 0.628. The minimum atomic E-state index is -4.82. The normalized spacial score (nSPS) is 12.3. The Morgan fingerprint density at radius 2 is 1.52 bits per heavy atom. The van der Waals surface area contributed by atoms with E-state index in [1.807, 2.05) is 44.2 Å². The van der Waals surface area contributed by atoms with Crippen LogP contribution < -0.4 is 9.62 Å². The molecule has 1 atom stereocenters. The van der Waals surface area contributed by atoms with E-state index in [1.54, 1.807) is 30.3 Å². The predicted octanol–water partition coefficient (Wildman–Crippen LogP) is 7.42. The lowest BCUT2D eigenvalue weighted by atomic mass is 10.0. The van der Waals surface area contributed by atoms with Gasteiger partial charge in [0.1, 0.15) is 12.6 Å². The average Bonchev–Trinajstić information content (AvgIpc) is 3.06. The zero-order valence-electron chi connectivity index (χ0n) is 26.6. The number of anilines is 1. The van der Waals surface area contributed by atoms with Crippen molar-refractivity contribution in [2.75, 3.05) is 17.4 Å². The van der Waals surface area contributed by atoms with Gasteiger partial charge in [0.15, 0.2) is 0 Å². The number of halogens is 4. The molecule has 2 amide bonds. The highest BCUT2D eigenvalue weighted by Gasteiger charge is 2.37. The molecule has 1 unspecified atom stereocenters. The van der Waals surface area contributed by atoms with Crippen molar-refractivity contribution in [2.45, 2.75) is 56.8 Å². The number of aryl methyl sites for hydroxylation is 1. The Morgan fingerprint density at radius 3 is 2.15 bits per heavy atom. The molecule has 48 heavy (non-hydrogen) atoms. The van der Waals surface area contributed by atoms with Gasteiger partial charge in [0, 0.05) is 19.5 Å². The molecule has 4 rings (SSSR count). The summed E-state index contributed by atoms with van der Waals surface area (Å²) in [6.45, 7) is 3.18. The molecule has 1 N–H and O–H groups in total. The molecule has 0 saturated heterocycles. The van der Waals surface area contributed by atoms with Crippen LogP contribution in [0.4, 0.5) is 18.9 Å². The third kappa shape index (κ3) is 9.17. The van der Waals surface area contributed by atoms with Gasteiger partial charge in [0.2, 0.25) is 11.8 Å². The molecule has 0 spiro atoms. The number of unbranched alkanes of at least 4 members (excludes halogenated alkanes) is 1. The standard InChI is InChI=1S/C36H37ClF3N3O4S/c1-3-4-21-41-35(45)33(22-27-14-7-5-8-15-27)42(24-28-16-12-11-13-26(28)2)34(44)25-43(48(46,47)30-17-9-6-10-18-30)32-23-29(36(38,39)40)19-20-31(32)37/h5-20,23,33H,3-4,21-22,24-25H2,1-2H3,(H,41,45). The van der Waals surface area contributed by atoms with E-state index in [-0.39, 0.29) is 22.9 Å². The van der Waals surface area contributed by atoms with Crippen LogP contribution in [0.15, 0.2) is 108 Å². The maximum Gasteiger partial charge on any atom is 0.416 e. The highest BCUT2D eigenvalue weighted by Crippen LogP contribution is 2.37. The number of carbonyl (C=O) groups excluding carboxylic acids is 2. The monoisotopic (exact) mass is 699 g/mol. The largest absolute Gasteiger partial charge is 0.416 e. The number of carbonyl (C=O) groups is 2. The molecule has 0 aliphatic rings. The molecular weight excluding hydrogens is 663 g/mol. The molecule has 12 heteroatoms. The molecule has 0 saturated carbocycles. The van der Waals surface area contributed by atoms with Gasteiger partial charge in [-0.2, -0.15) is 13.2 Å². The van der Waals surface area contributed by atoms with Crippen LogP contribution in [0, 0.1) is 6.92 Å². The van der Waals surface area contributed by atoms with Gasteiger partial charge in [-0.3, -0.25) is 13.9 Å². The molecule has 4 aromatic carbocycles. The molecule has 4 aromatic rings. The molecule has 0 aromatic heterocycles. The summed E-state index contributed by atoms with van der Waals surface area (Å²) in [5, 5.41) is 2.60. The number of nitrogens with zero attached hydrogens (tertiary/aromatic N) is 2. The van der Waals surface area contributed by atoms with Crippen molar-refractivity contribution in [3.05, 3.63) is 130 Å². The van der Waals surface area contributed by atoms with Gasteiger partial charge in [-0.25, -0.2) is 8.42 Å². The van der Waals surface area contributed by atoms with Crippen molar-refractivity contribution >= 4 is 39.1 Å². The van der Waals surface area contributed by atoms with Gasteiger partial charge in [-0.15, -0.1) is 0 Å². The Labute approximate surface area is 284 Å². The zero-order chi connectivity index (χ0) is 34.9. The van der Waals surface area contributed by atoms with Gasteiger partial charge < -0.3 is 10.2 Å². The van der Waals surface area contributed by atoms with E-state index in [9.17, 15) is 31.2 Å². The van der Waals surface area contributed by atoms with Gasteiger partial charge in [-0.05, 0) is 60.4 Å². The van der Waals surface area contributed by atoms with Crippen LogP contribution in [0.25, 0.3) is 0 Å². The SMILES string of the molecule is CCCCNC(=O)C(Cc1ccccc1)N(Cc1ccccc1C)C(=O)CN(c1cc(C(F)(F)F)ccc1Cl)S(=O)(=O)c1ccccc1. The first kappa shape index (κ1) is 36.5. The van der Waals surface area contributed by atoms with Crippen molar-refractivity contribution in [1.29, 1.82) is 0 Å². The number of sulfonamides is 1. The van der Waals surface area contributed by atoms with Crippen LogP contribution in [0.5, 0.6) is 0 Å². The van der Waals surface area contributed by atoms with Crippen molar-refractivity contribution in [2.24, 2.45) is 0 Å². The number of rotatable bonds is 14. The van der Waals surface area contributed by atoms with Crippen LogP contribution >= 0.6 is 11.6 Å². The number of hydrogen-bond donors (Lipinski definition) is 1. The van der Waals surface area contributed by atoms with Crippen LogP contribution in [0.2, 0.25) is 5.02 Å². The first-order valence-corrected chi connectivity index (χ1v) is 17.2. The van der Waals surface area contributed by atoms with E-state index in [0.29, 0.717) is 28.9 Å². The Morgan fingerprint density at radius 1 is 0.896 bits per heavy atom. The van der Waals surface area contributed by atoms with E-state index in [1.165, 1.54) is 29.2 Å². The fourth-order valence-corrected chi connectivity index (χ4v) is 6.86. The molecule has 0 heterocycles. The number of hydrogen-bond acceptors (Lipinski definition) is 4. The molecule has 0 aliphatic carbocycles. The smallest absolute Gasteiger partial charge is 0.354 e. The van der Waals surface area contributed by atoms with Crippen molar-refractivity contribution < 1.29 is 31.2 Å². The second-order valence-electron chi connectivity index (χ2n) is 11.3. The second kappa shape index (κ2) is 16.2. The minimum Gasteiger partial charge on any atom is -0.354 e. The quantitative estimate of drug-likeness (QED) is 0.139. The number of benzene rings is 4. The lowest BCUT2D eigenvalue weighted by molar-refractivity contribution is -0.140. The predicted molar refractivity (Wildman–Crippen MR) is 181 cm³/mol.